The number of hydrogen-bond acceptors (Lipinski definition) is 3. The van der Waals surface area contributed by atoms with Crippen molar-refractivity contribution in [1.82, 2.24) is 9.80 Å². The van der Waals surface area contributed by atoms with Crippen LogP contribution < -0.4 is 0 Å². The number of rotatable bonds is 3. The molecular formula is C14H26N2O2. The van der Waals surface area contributed by atoms with E-state index in [1.54, 1.807) is 0 Å². The number of carbonyl (C=O) groups excluding carboxylic acids is 1. The fraction of sp³-hybridized carbons (Fsp3) is 0.929. The van der Waals surface area contributed by atoms with Crippen LogP contribution in [0.5, 0.6) is 0 Å². The van der Waals surface area contributed by atoms with Crippen LogP contribution in [-0.2, 0) is 4.79 Å². The van der Waals surface area contributed by atoms with Crippen molar-refractivity contribution in [2.24, 2.45) is 5.92 Å². The van der Waals surface area contributed by atoms with Gasteiger partial charge in [0.2, 0.25) is 5.91 Å². The molecule has 0 aromatic heterocycles. The topological polar surface area (TPSA) is 43.8 Å². The van der Waals surface area contributed by atoms with E-state index in [2.05, 4.69) is 4.90 Å². The Balaban J connectivity index is 1.87. The van der Waals surface area contributed by atoms with Gasteiger partial charge in [-0.15, -0.1) is 0 Å². The van der Waals surface area contributed by atoms with Gasteiger partial charge in [-0.1, -0.05) is 0 Å². The molecule has 18 heavy (non-hydrogen) atoms. The molecule has 0 bridgehead atoms. The molecule has 2 heterocycles. The summed E-state index contributed by atoms with van der Waals surface area (Å²) in [4.78, 5) is 16.6. The van der Waals surface area contributed by atoms with Gasteiger partial charge in [0.1, 0.15) is 0 Å². The molecule has 1 amide bonds. The van der Waals surface area contributed by atoms with Crippen LogP contribution in [0.4, 0.5) is 0 Å². The van der Waals surface area contributed by atoms with Crippen molar-refractivity contribution in [3.05, 3.63) is 0 Å². The van der Waals surface area contributed by atoms with Gasteiger partial charge in [-0.05, 0) is 52.0 Å². The van der Waals surface area contributed by atoms with E-state index < -0.39 is 0 Å². The van der Waals surface area contributed by atoms with Gasteiger partial charge in [0, 0.05) is 19.6 Å². The van der Waals surface area contributed by atoms with E-state index in [0.29, 0.717) is 5.92 Å². The van der Waals surface area contributed by atoms with Crippen LogP contribution in [0.1, 0.15) is 39.5 Å². The fourth-order valence-electron chi connectivity index (χ4n) is 3.10. The Morgan fingerprint density at radius 3 is 2.39 bits per heavy atom. The number of amides is 1. The second kappa shape index (κ2) is 6.02. The Labute approximate surface area is 110 Å². The van der Waals surface area contributed by atoms with Crippen molar-refractivity contribution >= 4 is 5.91 Å². The van der Waals surface area contributed by atoms with Crippen LogP contribution in [0.15, 0.2) is 0 Å². The molecule has 104 valence electrons. The standard InChI is InChI=1S/C14H26N2O2/c1-11(14(18)15-7-4-3-5-8-15)16-9-6-13(10-16)12(2)17/h11-13,17H,3-10H2,1-2H3. The van der Waals surface area contributed by atoms with Crippen LogP contribution in [0.25, 0.3) is 0 Å². The van der Waals surface area contributed by atoms with E-state index >= 15 is 0 Å². The van der Waals surface area contributed by atoms with Crippen molar-refractivity contribution in [1.29, 1.82) is 0 Å². The van der Waals surface area contributed by atoms with Crippen LogP contribution in [-0.4, -0.2) is 59.1 Å². The number of carbonyl (C=O) groups is 1. The van der Waals surface area contributed by atoms with Crippen molar-refractivity contribution in [2.75, 3.05) is 26.2 Å². The first-order chi connectivity index (χ1) is 8.59. The average molecular weight is 254 g/mol. The Bertz CT molecular complexity index is 288. The second-order valence-corrected chi connectivity index (χ2v) is 5.85. The normalized spacial score (nSPS) is 29.3. The van der Waals surface area contributed by atoms with Gasteiger partial charge in [-0.25, -0.2) is 0 Å². The molecule has 1 N–H and O–H groups in total. The maximum Gasteiger partial charge on any atom is 0.239 e. The molecule has 2 rings (SSSR count). The highest BCUT2D eigenvalue weighted by molar-refractivity contribution is 5.81. The number of nitrogens with zero attached hydrogens (tertiary/aromatic N) is 2. The van der Waals surface area contributed by atoms with E-state index in [4.69, 9.17) is 0 Å². The summed E-state index contributed by atoms with van der Waals surface area (Å²) in [5, 5.41) is 9.62. The van der Waals surface area contributed by atoms with Crippen molar-refractivity contribution < 1.29 is 9.90 Å². The number of aliphatic hydroxyl groups is 1. The predicted octanol–water partition coefficient (Wildman–Crippen LogP) is 1.09. The molecule has 4 heteroatoms. The molecule has 0 spiro atoms. The van der Waals surface area contributed by atoms with Gasteiger partial charge in [-0.2, -0.15) is 0 Å². The van der Waals surface area contributed by atoms with E-state index in [0.717, 1.165) is 45.4 Å². The molecule has 0 aromatic carbocycles. The zero-order valence-corrected chi connectivity index (χ0v) is 11.6. The van der Waals surface area contributed by atoms with E-state index in [9.17, 15) is 9.90 Å². The molecule has 0 aromatic rings. The maximum absolute atomic E-state index is 12.4. The lowest BCUT2D eigenvalue weighted by Gasteiger charge is -2.32. The fourth-order valence-corrected chi connectivity index (χ4v) is 3.10. The Morgan fingerprint density at radius 1 is 1.17 bits per heavy atom. The molecule has 2 aliphatic heterocycles. The Morgan fingerprint density at radius 2 is 1.83 bits per heavy atom. The quantitative estimate of drug-likeness (QED) is 0.820. The molecule has 4 nitrogen and oxygen atoms in total. The summed E-state index contributed by atoms with van der Waals surface area (Å²) in [7, 11) is 0. The van der Waals surface area contributed by atoms with E-state index in [1.165, 1.54) is 6.42 Å². The van der Waals surface area contributed by atoms with Crippen molar-refractivity contribution in [2.45, 2.75) is 51.7 Å². The maximum atomic E-state index is 12.4. The molecule has 0 radical (unpaired) electrons. The van der Waals surface area contributed by atoms with Crippen LogP contribution >= 0.6 is 0 Å². The summed E-state index contributed by atoms with van der Waals surface area (Å²) in [6, 6.07) is -0.0214. The minimum Gasteiger partial charge on any atom is -0.393 e. The Hall–Kier alpha value is -0.610. The predicted molar refractivity (Wildman–Crippen MR) is 71.3 cm³/mol. The molecule has 2 saturated heterocycles. The van der Waals surface area contributed by atoms with Gasteiger partial charge >= 0.3 is 0 Å². The average Bonchev–Trinajstić information content (AvgIpc) is 2.88. The van der Waals surface area contributed by atoms with Crippen LogP contribution in [0.3, 0.4) is 0 Å². The highest BCUT2D eigenvalue weighted by Crippen LogP contribution is 2.23. The largest absolute Gasteiger partial charge is 0.393 e. The molecule has 0 aliphatic carbocycles. The number of hydrogen-bond donors (Lipinski definition) is 1. The monoisotopic (exact) mass is 254 g/mol. The van der Waals surface area contributed by atoms with E-state index in [-0.39, 0.29) is 18.1 Å². The third-order valence-electron chi connectivity index (χ3n) is 4.51. The van der Waals surface area contributed by atoms with Crippen molar-refractivity contribution in [3.8, 4) is 0 Å². The summed E-state index contributed by atoms with van der Waals surface area (Å²) in [6.45, 7) is 7.52. The summed E-state index contributed by atoms with van der Waals surface area (Å²) in [5.41, 5.74) is 0. The molecule has 3 atom stereocenters. The van der Waals surface area contributed by atoms with Gasteiger partial charge in [-0.3, -0.25) is 9.69 Å². The van der Waals surface area contributed by atoms with Gasteiger partial charge in [0.25, 0.3) is 0 Å². The third kappa shape index (κ3) is 3.04. The Kier molecular flexibility index (Phi) is 4.62. The minimum atomic E-state index is -0.257. The molecule has 3 unspecified atom stereocenters. The van der Waals surface area contributed by atoms with Crippen molar-refractivity contribution in [3.63, 3.8) is 0 Å². The number of likely N-dealkylation sites (tertiary alicyclic amines) is 2. The van der Waals surface area contributed by atoms with Crippen LogP contribution in [0.2, 0.25) is 0 Å². The zero-order valence-electron chi connectivity index (χ0n) is 11.6. The van der Waals surface area contributed by atoms with Gasteiger partial charge in [0.05, 0.1) is 12.1 Å². The second-order valence-electron chi connectivity index (χ2n) is 5.85. The van der Waals surface area contributed by atoms with Gasteiger partial charge in [0.15, 0.2) is 0 Å². The number of piperidine rings is 1. The summed E-state index contributed by atoms with van der Waals surface area (Å²) < 4.78 is 0. The smallest absolute Gasteiger partial charge is 0.239 e. The summed E-state index contributed by atoms with van der Waals surface area (Å²) >= 11 is 0. The minimum absolute atomic E-state index is 0.0214. The molecule has 2 fully saturated rings. The zero-order chi connectivity index (χ0) is 13.1. The molecule has 0 saturated carbocycles. The lowest BCUT2D eigenvalue weighted by Crippen LogP contribution is -2.48. The summed E-state index contributed by atoms with van der Waals surface area (Å²) in [5.74, 6) is 0.613. The lowest BCUT2D eigenvalue weighted by atomic mass is 10.0. The summed E-state index contributed by atoms with van der Waals surface area (Å²) in [6.07, 6.45) is 4.30. The highest BCUT2D eigenvalue weighted by atomic mass is 16.3. The lowest BCUT2D eigenvalue weighted by molar-refractivity contribution is -0.137. The first-order valence-corrected chi connectivity index (χ1v) is 7.30. The van der Waals surface area contributed by atoms with Crippen LogP contribution in [0, 0.1) is 5.92 Å². The van der Waals surface area contributed by atoms with E-state index in [1.807, 2.05) is 18.7 Å². The molecular weight excluding hydrogens is 228 g/mol. The first kappa shape index (κ1) is 13.8. The highest BCUT2D eigenvalue weighted by Gasteiger charge is 2.33. The molecule has 2 aliphatic rings. The SMILES string of the molecule is CC(O)C1CCN(C(C)C(=O)N2CCCCC2)C1. The van der Waals surface area contributed by atoms with Gasteiger partial charge < -0.3 is 10.0 Å². The first-order valence-electron chi connectivity index (χ1n) is 7.30. The number of aliphatic hydroxyl groups excluding tert-OH is 1. The third-order valence-corrected chi connectivity index (χ3v) is 4.51.